The van der Waals surface area contributed by atoms with E-state index in [0.29, 0.717) is 12.6 Å². The third kappa shape index (κ3) is 4.72. The molecule has 0 aromatic heterocycles. The smallest absolute Gasteiger partial charge is 0.234 e. The summed E-state index contributed by atoms with van der Waals surface area (Å²) in [6.45, 7) is 2.84. The fourth-order valence-electron chi connectivity index (χ4n) is 3.99. The highest BCUT2D eigenvalue weighted by molar-refractivity contribution is 5.80. The van der Waals surface area contributed by atoms with E-state index in [2.05, 4.69) is 34.5 Å². The minimum absolute atomic E-state index is 0.0272. The molecule has 0 atom stereocenters. The second-order valence-electron chi connectivity index (χ2n) is 7.03. The lowest BCUT2D eigenvalue weighted by atomic mass is 10.2. The van der Waals surface area contributed by atoms with Crippen LogP contribution in [0.25, 0.3) is 0 Å². The number of hydrogen-bond acceptors (Lipinski definition) is 4. The van der Waals surface area contributed by atoms with Crippen molar-refractivity contribution in [1.29, 1.82) is 0 Å². The summed E-state index contributed by atoms with van der Waals surface area (Å²) < 4.78 is 0. The van der Waals surface area contributed by atoms with Crippen LogP contribution in [-0.2, 0) is 16.0 Å². The molecule has 6 nitrogen and oxygen atoms in total. The maximum atomic E-state index is 12.3. The number of carbonyl (C=O) groups excluding carboxylic acids is 2. The Balaban J connectivity index is 1.45. The fourth-order valence-corrected chi connectivity index (χ4v) is 3.99. The Hall–Kier alpha value is -2.08. The van der Waals surface area contributed by atoms with Crippen LogP contribution in [0.3, 0.4) is 0 Å². The second kappa shape index (κ2) is 8.34. The lowest BCUT2D eigenvalue weighted by Gasteiger charge is -2.27. The molecule has 2 amide bonds. The van der Waals surface area contributed by atoms with Crippen LogP contribution in [0.1, 0.15) is 31.2 Å². The summed E-state index contributed by atoms with van der Waals surface area (Å²) in [7, 11) is 0. The van der Waals surface area contributed by atoms with Gasteiger partial charge in [0.25, 0.3) is 0 Å². The van der Waals surface area contributed by atoms with Crippen molar-refractivity contribution in [2.45, 2.75) is 38.1 Å². The summed E-state index contributed by atoms with van der Waals surface area (Å²) in [5, 5.41) is 2.99. The fraction of sp³-hybridized carbons (Fsp3) is 0.579. The standard InChI is InChI=1S/C19H28N4O2/c20-18(24)13-23(16-6-2-3-7-16)14-19(25)21-10-12-22-11-9-15-5-1-4-8-17(15)22/h1,4-5,8,16H,2-3,6-7,9-14H2,(H2,20,24)(H,21,25). The molecule has 25 heavy (non-hydrogen) atoms. The number of nitrogens with two attached hydrogens (primary N) is 1. The zero-order valence-electron chi connectivity index (χ0n) is 14.7. The van der Waals surface area contributed by atoms with Crippen molar-refractivity contribution in [3.8, 4) is 0 Å². The summed E-state index contributed by atoms with van der Waals surface area (Å²) in [5.41, 5.74) is 8.00. The first-order valence-corrected chi connectivity index (χ1v) is 9.25. The molecule has 0 bridgehead atoms. The van der Waals surface area contributed by atoms with E-state index in [1.54, 1.807) is 0 Å². The molecule has 1 fully saturated rings. The van der Waals surface area contributed by atoms with Crippen molar-refractivity contribution in [2.24, 2.45) is 5.73 Å². The van der Waals surface area contributed by atoms with Gasteiger partial charge in [-0.3, -0.25) is 14.5 Å². The van der Waals surface area contributed by atoms with Gasteiger partial charge in [0, 0.05) is 31.4 Å². The lowest BCUT2D eigenvalue weighted by molar-refractivity contribution is -0.124. The van der Waals surface area contributed by atoms with Crippen LogP contribution in [0.5, 0.6) is 0 Å². The Labute approximate surface area is 149 Å². The molecular formula is C19H28N4O2. The second-order valence-corrected chi connectivity index (χ2v) is 7.03. The van der Waals surface area contributed by atoms with Gasteiger partial charge in [-0.25, -0.2) is 0 Å². The predicted octanol–water partition coefficient (Wildman–Crippen LogP) is 0.895. The van der Waals surface area contributed by atoms with Gasteiger partial charge in [-0.1, -0.05) is 31.0 Å². The SMILES string of the molecule is NC(=O)CN(CC(=O)NCCN1CCc2ccccc21)C1CCCC1. The summed E-state index contributed by atoms with van der Waals surface area (Å²) in [6.07, 6.45) is 5.49. The summed E-state index contributed by atoms with van der Waals surface area (Å²) >= 11 is 0. The van der Waals surface area contributed by atoms with E-state index in [-0.39, 0.29) is 24.9 Å². The Kier molecular flexibility index (Phi) is 5.91. The van der Waals surface area contributed by atoms with Gasteiger partial charge in [-0.15, -0.1) is 0 Å². The number of rotatable bonds is 8. The van der Waals surface area contributed by atoms with Gasteiger partial charge in [0.1, 0.15) is 0 Å². The monoisotopic (exact) mass is 344 g/mol. The molecule has 1 heterocycles. The molecule has 1 aliphatic heterocycles. The predicted molar refractivity (Wildman–Crippen MR) is 98.4 cm³/mol. The van der Waals surface area contributed by atoms with Crippen LogP contribution in [0.4, 0.5) is 5.69 Å². The molecule has 136 valence electrons. The minimum atomic E-state index is -0.367. The Morgan fingerprint density at radius 3 is 2.72 bits per heavy atom. The molecule has 6 heteroatoms. The van der Waals surface area contributed by atoms with Gasteiger partial charge >= 0.3 is 0 Å². The maximum absolute atomic E-state index is 12.3. The lowest BCUT2D eigenvalue weighted by Crippen LogP contribution is -2.46. The number of para-hydroxylation sites is 1. The van der Waals surface area contributed by atoms with Gasteiger partial charge < -0.3 is 16.0 Å². The quantitative estimate of drug-likeness (QED) is 0.734. The van der Waals surface area contributed by atoms with Crippen molar-refractivity contribution in [1.82, 2.24) is 10.2 Å². The zero-order valence-corrected chi connectivity index (χ0v) is 14.7. The van der Waals surface area contributed by atoms with Crippen molar-refractivity contribution >= 4 is 17.5 Å². The molecule has 3 rings (SSSR count). The first kappa shape index (κ1) is 17.7. The molecule has 2 aliphatic rings. The third-order valence-corrected chi connectivity index (χ3v) is 5.23. The van der Waals surface area contributed by atoms with Crippen LogP contribution < -0.4 is 16.0 Å². The number of carbonyl (C=O) groups is 2. The largest absolute Gasteiger partial charge is 0.369 e. The third-order valence-electron chi connectivity index (χ3n) is 5.23. The van der Waals surface area contributed by atoms with E-state index in [0.717, 1.165) is 45.2 Å². The van der Waals surface area contributed by atoms with Crippen molar-refractivity contribution in [3.05, 3.63) is 29.8 Å². The van der Waals surface area contributed by atoms with Gasteiger partial charge in [-0.2, -0.15) is 0 Å². The van der Waals surface area contributed by atoms with Crippen LogP contribution in [0.2, 0.25) is 0 Å². The average Bonchev–Trinajstić information content (AvgIpc) is 3.24. The molecule has 1 aromatic carbocycles. The van der Waals surface area contributed by atoms with Crippen molar-refractivity contribution in [2.75, 3.05) is 37.6 Å². The van der Waals surface area contributed by atoms with E-state index in [1.807, 2.05) is 4.90 Å². The van der Waals surface area contributed by atoms with E-state index in [1.165, 1.54) is 11.3 Å². The highest BCUT2D eigenvalue weighted by Crippen LogP contribution is 2.26. The molecule has 3 N–H and O–H groups in total. The van der Waals surface area contributed by atoms with E-state index in [9.17, 15) is 9.59 Å². The summed E-state index contributed by atoms with van der Waals surface area (Å²) in [5.74, 6) is -0.394. The molecule has 0 spiro atoms. The number of primary amides is 1. The van der Waals surface area contributed by atoms with Gasteiger partial charge in [-0.05, 0) is 30.9 Å². The van der Waals surface area contributed by atoms with Crippen LogP contribution >= 0.6 is 0 Å². The van der Waals surface area contributed by atoms with Crippen LogP contribution in [0.15, 0.2) is 24.3 Å². The number of anilines is 1. The van der Waals surface area contributed by atoms with E-state index >= 15 is 0 Å². The summed E-state index contributed by atoms with van der Waals surface area (Å²) in [6, 6.07) is 8.74. The highest BCUT2D eigenvalue weighted by atomic mass is 16.2. The normalized spacial score (nSPS) is 17.1. The van der Waals surface area contributed by atoms with Crippen molar-refractivity contribution < 1.29 is 9.59 Å². The van der Waals surface area contributed by atoms with Gasteiger partial charge in [0.2, 0.25) is 11.8 Å². The number of nitrogens with one attached hydrogen (secondary N) is 1. The van der Waals surface area contributed by atoms with Gasteiger partial charge in [0.05, 0.1) is 13.1 Å². The molecule has 0 unspecified atom stereocenters. The Morgan fingerprint density at radius 1 is 1.20 bits per heavy atom. The van der Waals surface area contributed by atoms with Crippen LogP contribution in [0, 0.1) is 0 Å². The number of hydrogen-bond donors (Lipinski definition) is 2. The molecule has 1 aromatic rings. The number of amides is 2. The average molecular weight is 344 g/mol. The minimum Gasteiger partial charge on any atom is -0.369 e. The van der Waals surface area contributed by atoms with Crippen molar-refractivity contribution in [3.63, 3.8) is 0 Å². The summed E-state index contributed by atoms with van der Waals surface area (Å²) in [4.78, 5) is 27.8. The molecule has 1 saturated carbocycles. The van der Waals surface area contributed by atoms with E-state index in [4.69, 9.17) is 5.73 Å². The molecular weight excluding hydrogens is 316 g/mol. The first-order valence-electron chi connectivity index (χ1n) is 9.25. The number of nitrogens with zero attached hydrogens (tertiary/aromatic N) is 2. The molecule has 0 saturated heterocycles. The maximum Gasteiger partial charge on any atom is 0.234 e. The van der Waals surface area contributed by atoms with Crippen LogP contribution in [-0.4, -0.2) is 55.5 Å². The first-order chi connectivity index (χ1) is 12.1. The van der Waals surface area contributed by atoms with E-state index < -0.39 is 0 Å². The Morgan fingerprint density at radius 2 is 1.96 bits per heavy atom. The zero-order chi connectivity index (χ0) is 17.6. The topological polar surface area (TPSA) is 78.7 Å². The number of fused-ring (bicyclic) bond motifs is 1. The highest BCUT2D eigenvalue weighted by Gasteiger charge is 2.25. The van der Waals surface area contributed by atoms with Gasteiger partial charge in [0.15, 0.2) is 0 Å². The Bertz CT molecular complexity index is 613. The molecule has 1 aliphatic carbocycles. The number of benzene rings is 1. The molecule has 0 radical (unpaired) electrons.